The predicted octanol–water partition coefficient (Wildman–Crippen LogP) is 4.47. The van der Waals surface area contributed by atoms with Crippen LogP contribution in [-0.2, 0) is 17.8 Å². The molecule has 5 rings (SSSR count). The number of benzene rings is 2. The lowest BCUT2D eigenvalue weighted by molar-refractivity contribution is -0.286. The van der Waals surface area contributed by atoms with E-state index in [1.807, 2.05) is 0 Å². The number of carbonyl (C=O) groups is 1. The van der Waals surface area contributed by atoms with Crippen molar-refractivity contribution in [2.75, 3.05) is 11.4 Å². The molecule has 188 valence electrons. The van der Waals surface area contributed by atoms with Crippen molar-refractivity contribution < 1.29 is 27.5 Å². The summed E-state index contributed by atoms with van der Waals surface area (Å²) in [6.07, 6.45) is -2.14. The summed E-state index contributed by atoms with van der Waals surface area (Å²) in [6, 6.07) is 13.0. The second kappa shape index (κ2) is 9.05. The molecule has 2 aromatic heterocycles. The Morgan fingerprint density at radius 2 is 2.00 bits per heavy atom. The third-order valence-electron chi connectivity index (χ3n) is 6.03. The fraction of sp³-hybridized carbons (Fsp3) is 0.231. The molecule has 1 amide bonds. The maximum absolute atomic E-state index is 13.7. The number of aromatic nitrogens is 2. The summed E-state index contributed by atoms with van der Waals surface area (Å²) < 4.78 is 43.1. The maximum atomic E-state index is 13.7. The molecule has 1 aliphatic rings. The number of nitrogens with zero attached hydrogens (tertiary/aromatic N) is 4. The topological polar surface area (TPSA) is 111 Å². The molecule has 11 heteroatoms. The molecule has 0 aliphatic carbocycles. The Balaban J connectivity index is 1.54. The lowest BCUT2D eigenvalue weighted by Gasteiger charge is -2.24. The van der Waals surface area contributed by atoms with Crippen molar-refractivity contribution in [2.45, 2.75) is 33.1 Å². The number of nitriles is 1. The Labute approximate surface area is 209 Å². The number of likely N-dealkylation sites (N-methyl/N-ethyl adjacent to an activating group) is 1. The van der Waals surface area contributed by atoms with E-state index in [0.717, 1.165) is 4.68 Å². The van der Waals surface area contributed by atoms with Gasteiger partial charge >= 0.3 is 6.29 Å². The molecular formula is C26H20F2N4O5. The zero-order valence-electron chi connectivity index (χ0n) is 19.8. The van der Waals surface area contributed by atoms with Gasteiger partial charge in [0.05, 0.1) is 29.0 Å². The molecule has 0 radical (unpaired) electrons. The van der Waals surface area contributed by atoms with E-state index in [2.05, 4.69) is 15.9 Å². The number of furan rings is 1. The molecule has 37 heavy (non-hydrogen) atoms. The molecule has 3 heterocycles. The summed E-state index contributed by atoms with van der Waals surface area (Å²) in [4.78, 5) is 28.0. The molecule has 0 unspecified atom stereocenters. The van der Waals surface area contributed by atoms with Crippen LogP contribution in [0.25, 0.3) is 22.2 Å². The molecule has 4 aromatic rings. The monoisotopic (exact) mass is 506 g/mol. The van der Waals surface area contributed by atoms with Crippen LogP contribution in [0.1, 0.15) is 25.0 Å². The van der Waals surface area contributed by atoms with Gasteiger partial charge in [0.2, 0.25) is 5.91 Å². The molecule has 0 N–H and O–H groups in total. The van der Waals surface area contributed by atoms with Crippen molar-refractivity contribution in [3.63, 3.8) is 0 Å². The van der Waals surface area contributed by atoms with Crippen molar-refractivity contribution in [1.29, 1.82) is 5.26 Å². The van der Waals surface area contributed by atoms with Gasteiger partial charge in [-0.2, -0.15) is 10.4 Å². The molecular weight excluding hydrogens is 486 g/mol. The highest BCUT2D eigenvalue weighted by atomic mass is 19.3. The molecule has 9 nitrogen and oxygen atoms in total. The first-order valence-corrected chi connectivity index (χ1v) is 11.5. The predicted molar refractivity (Wildman–Crippen MR) is 128 cm³/mol. The molecule has 0 bridgehead atoms. The van der Waals surface area contributed by atoms with Gasteiger partial charge in [-0.15, -0.1) is 8.78 Å². The van der Waals surface area contributed by atoms with E-state index in [1.54, 1.807) is 38.1 Å². The van der Waals surface area contributed by atoms with Crippen molar-refractivity contribution in [1.82, 2.24) is 9.78 Å². The van der Waals surface area contributed by atoms with Gasteiger partial charge < -0.3 is 18.8 Å². The number of ether oxygens (including phenoxy) is 2. The van der Waals surface area contributed by atoms with E-state index in [0.29, 0.717) is 34.5 Å². The second-order valence-corrected chi connectivity index (χ2v) is 8.22. The zero-order chi connectivity index (χ0) is 26.3. The molecule has 0 spiro atoms. The summed E-state index contributed by atoms with van der Waals surface area (Å²) in [7, 11) is 0. The fourth-order valence-electron chi connectivity index (χ4n) is 4.39. The smallest absolute Gasteiger partial charge is 0.462 e. The van der Waals surface area contributed by atoms with Crippen LogP contribution >= 0.6 is 0 Å². The van der Waals surface area contributed by atoms with Crippen molar-refractivity contribution in [3.8, 4) is 28.8 Å². The van der Waals surface area contributed by atoms with Crippen molar-refractivity contribution >= 4 is 22.6 Å². The van der Waals surface area contributed by atoms with Gasteiger partial charge in [0.15, 0.2) is 17.1 Å². The maximum Gasteiger partial charge on any atom is 0.586 e. The highest BCUT2D eigenvalue weighted by Gasteiger charge is 2.45. The van der Waals surface area contributed by atoms with Gasteiger partial charge in [0.1, 0.15) is 12.2 Å². The lowest BCUT2D eigenvalue weighted by atomic mass is 10.1. The van der Waals surface area contributed by atoms with Gasteiger partial charge in [-0.3, -0.25) is 9.59 Å². The first-order chi connectivity index (χ1) is 17.8. The Kier molecular flexibility index (Phi) is 5.87. The quantitative estimate of drug-likeness (QED) is 0.380. The Morgan fingerprint density at radius 1 is 1.19 bits per heavy atom. The molecule has 0 atom stereocenters. The average Bonchev–Trinajstić information content (AvgIpc) is 3.49. The molecule has 1 aliphatic heterocycles. The number of anilines is 1. The minimum Gasteiger partial charge on any atom is -0.462 e. The van der Waals surface area contributed by atoms with Gasteiger partial charge in [-0.25, -0.2) is 4.68 Å². The normalized spacial score (nSPS) is 13.5. The van der Waals surface area contributed by atoms with Crippen LogP contribution in [0.5, 0.6) is 11.5 Å². The number of alkyl halides is 2. The van der Waals surface area contributed by atoms with Crippen LogP contribution in [-0.4, -0.2) is 28.5 Å². The number of amides is 1. The van der Waals surface area contributed by atoms with E-state index in [-0.39, 0.29) is 29.0 Å². The van der Waals surface area contributed by atoms with Gasteiger partial charge in [0, 0.05) is 17.7 Å². The first-order valence-electron chi connectivity index (χ1n) is 11.5. The minimum atomic E-state index is -3.79. The minimum absolute atomic E-state index is 0.110. The number of hydrogen-bond acceptors (Lipinski definition) is 7. The van der Waals surface area contributed by atoms with Gasteiger partial charge in [0.25, 0.3) is 5.56 Å². The summed E-state index contributed by atoms with van der Waals surface area (Å²) in [5.41, 5.74) is 1.68. The Bertz CT molecular complexity index is 1640. The van der Waals surface area contributed by atoms with Gasteiger partial charge in [-0.05, 0) is 43.7 Å². The van der Waals surface area contributed by atoms with Crippen LogP contribution in [0.4, 0.5) is 14.5 Å². The van der Waals surface area contributed by atoms with Crippen molar-refractivity contribution in [3.05, 3.63) is 70.2 Å². The van der Waals surface area contributed by atoms with E-state index >= 15 is 0 Å². The summed E-state index contributed by atoms with van der Waals surface area (Å²) >= 11 is 0. The first kappa shape index (κ1) is 24.0. The van der Waals surface area contributed by atoms with Gasteiger partial charge in [-0.1, -0.05) is 19.1 Å². The highest BCUT2D eigenvalue weighted by molar-refractivity contribution is 5.95. The zero-order valence-corrected chi connectivity index (χ0v) is 19.8. The number of rotatable bonds is 6. The summed E-state index contributed by atoms with van der Waals surface area (Å²) in [5.74, 6) is -0.718. The lowest BCUT2D eigenvalue weighted by Crippen LogP contribution is -2.38. The largest absolute Gasteiger partial charge is 0.586 e. The van der Waals surface area contributed by atoms with E-state index in [9.17, 15) is 23.6 Å². The number of carbonyl (C=O) groups excluding carboxylic acids is 1. The fourth-order valence-corrected chi connectivity index (χ4v) is 4.39. The summed E-state index contributed by atoms with van der Waals surface area (Å²) in [6.45, 7) is 3.25. The molecule has 0 saturated carbocycles. The number of halogens is 2. The third-order valence-corrected chi connectivity index (χ3v) is 6.03. The average molecular weight is 506 g/mol. The van der Waals surface area contributed by atoms with Crippen LogP contribution in [0.15, 0.2) is 57.9 Å². The number of hydrogen-bond donors (Lipinski definition) is 0. The van der Waals surface area contributed by atoms with E-state index in [4.69, 9.17) is 9.15 Å². The van der Waals surface area contributed by atoms with Crippen LogP contribution < -0.4 is 19.9 Å². The molecule has 0 saturated heterocycles. The van der Waals surface area contributed by atoms with Crippen LogP contribution in [0, 0.1) is 11.3 Å². The van der Waals surface area contributed by atoms with Crippen molar-refractivity contribution in [2.24, 2.45) is 0 Å². The molecule has 2 aromatic carbocycles. The summed E-state index contributed by atoms with van der Waals surface area (Å²) in [5, 5.41) is 13.9. The Hall–Kier alpha value is -4.72. The highest BCUT2D eigenvalue weighted by Crippen LogP contribution is 2.47. The van der Waals surface area contributed by atoms with Crippen LogP contribution in [0.2, 0.25) is 0 Å². The van der Waals surface area contributed by atoms with Crippen LogP contribution in [0.3, 0.4) is 0 Å². The second-order valence-electron chi connectivity index (χ2n) is 8.22. The SMILES string of the molecule is CCc1c(N(CC)C(=O)Cn2nc(-c3cccc(C#N)c3)c3occc3c2=O)ccc2c1OC(F)(F)O2. The van der Waals surface area contributed by atoms with E-state index < -0.39 is 24.3 Å². The Morgan fingerprint density at radius 3 is 2.73 bits per heavy atom. The number of fused-ring (bicyclic) bond motifs is 2. The standard InChI is InChI=1S/C26H20F2N4O5/c1-3-17-19(8-9-20-23(17)37-26(27,28)36-20)31(4-2)21(33)14-32-25(34)18-10-11-35-24(18)22(30-32)16-7-5-6-15(12-16)13-29/h5-12H,3-4,14H2,1-2H3. The van der Waals surface area contributed by atoms with E-state index in [1.165, 1.54) is 29.4 Å². The molecule has 0 fully saturated rings. The third kappa shape index (κ3) is 4.16.